The van der Waals surface area contributed by atoms with Crippen molar-refractivity contribution in [2.75, 3.05) is 31.9 Å². The fraction of sp³-hybridized carbons (Fsp3) is 0.571. The smallest absolute Gasteiger partial charge is 0.125 e. The predicted octanol–water partition coefficient (Wildman–Crippen LogP) is 1.93. The van der Waals surface area contributed by atoms with Crippen molar-refractivity contribution in [3.8, 4) is 0 Å². The molecule has 1 aliphatic heterocycles. The first-order valence-electron chi connectivity index (χ1n) is 6.60. The minimum atomic E-state index is -0.263. The summed E-state index contributed by atoms with van der Waals surface area (Å²) in [4.78, 5) is 4.87. The third-order valence-electron chi connectivity index (χ3n) is 3.76. The molecule has 1 aliphatic rings. The van der Waals surface area contributed by atoms with Crippen LogP contribution >= 0.6 is 0 Å². The van der Waals surface area contributed by atoms with Crippen LogP contribution in [0.25, 0.3) is 0 Å². The molecular weight excluding hydrogens is 229 g/mol. The maximum Gasteiger partial charge on any atom is 0.125 e. The third kappa shape index (κ3) is 3.00. The molecule has 0 aliphatic carbocycles. The lowest BCUT2D eigenvalue weighted by atomic mass is 10.1. The first-order valence-corrected chi connectivity index (χ1v) is 6.60. The molecule has 3 nitrogen and oxygen atoms in total. The Morgan fingerprint density at radius 2 is 2.17 bits per heavy atom. The zero-order valence-corrected chi connectivity index (χ0v) is 11.2. The lowest BCUT2D eigenvalue weighted by molar-refractivity contribution is 0.0836. The summed E-state index contributed by atoms with van der Waals surface area (Å²) < 4.78 is 13.0. The molecule has 1 heterocycles. The van der Waals surface area contributed by atoms with E-state index in [1.807, 2.05) is 0 Å². The summed E-state index contributed by atoms with van der Waals surface area (Å²) >= 11 is 0. The molecule has 2 rings (SSSR count). The normalized spacial score (nSPS) is 22.3. The molecule has 4 heteroatoms. The van der Waals surface area contributed by atoms with Gasteiger partial charge in [-0.15, -0.1) is 0 Å². The second-order valence-corrected chi connectivity index (χ2v) is 5.06. The number of hydrogen-bond donors (Lipinski definition) is 1. The topological polar surface area (TPSA) is 32.5 Å². The van der Waals surface area contributed by atoms with Gasteiger partial charge in [0.1, 0.15) is 5.82 Å². The van der Waals surface area contributed by atoms with E-state index in [9.17, 15) is 4.39 Å². The van der Waals surface area contributed by atoms with Crippen molar-refractivity contribution in [1.82, 2.24) is 9.80 Å². The molecule has 0 bridgehead atoms. The molecule has 0 saturated carbocycles. The van der Waals surface area contributed by atoms with Gasteiger partial charge >= 0.3 is 0 Å². The van der Waals surface area contributed by atoms with Gasteiger partial charge in [0.25, 0.3) is 0 Å². The lowest BCUT2D eigenvalue weighted by Gasteiger charge is -2.39. The number of benzene rings is 1. The fourth-order valence-electron chi connectivity index (χ4n) is 2.63. The van der Waals surface area contributed by atoms with E-state index in [0.717, 1.165) is 38.3 Å². The highest BCUT2D eigenvalue weighted by molar-refractivity contribution is 5.46. The second kappa shape index (κ2) is 5.67. The van der Waals surface area contributed by atoms with Crippen LogP contribution in [-0.2, 0) is 6.54 Å². The average molecular weight is 251 g/mol. The zero-order valence-electron chi connectivity index (χ0n) is 11.2. The van der Waals surface area contributed by atoms with Gasteiger partial charge < -0.3 is 5.73 Å². The number of nitrogens with zero attached hydrogens (tertiary/aromatic N) is 2. The highest BCUT2D eigenvalue weighted by atomic mass is 19.1. The summed E-state index contributed by atoms with van der Waals surface area (Å²) in [6.07, 6.45) is 0. The third-order valence-corrected chi connectivity index (χ3v) is 3.76. The van der Waals surface area contributed by atoms with Crippen LogP contribution in [0.4, 0.5) is 10.1 Å². The van der Waals surface area contributed by atoms with E-state index in [1.54, 1.807) is 6.07 Å². The van der Waals surface area contributed by atoms with E-state index in [-0.39, 0.29) is 5.82 Å². The molecule has 0 aromatic heterocycles. The van der Waals surface area contributed by atoms with Gasteiger partial charge in [-0.1, -0.05) is 13.0 Å². The molecule has 1 atom stereocenters. The maximum absolute atomic E-state index is 13.0. The molecular formula is C14H22FN3. The predicted molar refractivity (Wildman–Crippen MR) is 72.8 cm³/mol. The van der Waals surface area contributed by atoms with Gasteiger partial charge in [0.15, 0.2) is 0 Å². The first kappa shape index (κ1) is 13.3. The van der Waals surface area contributed by atoms with E-state index < -0.39 is 0 Å². The Morgan fingerprint density at radius 3 is 2.78 bits per heavy atom. The van der Waals surface area contributed by atoms with Crippen molar-refractivity contribution < 1.29 is 4.39 Å². The monoisotopic (exact) mass is 251 g/mol. The van der Waals surface area contributed by atoms with Crippen LogP contribution in [0.5, 0.6) is 0 Å². The van der Waals surface area contributed by atoms with E-state index in [0.29, 0.717) is 11.7 Å². The van der Waals surface area contributed by atoms with Gasteiger partial charge in [-0.2, -0.15) is 0 Å². The number of halogens is 1. The van der Waals surface area contributed by atoms with Crippen LogP contribution in [0, 0.1) is 5.82 Å². The Bertz CT molecular complexity index is 408. The van der Waals surface area contributed by atoms with Gasteiger partial charge in [0.05, 0.1) is 0 Å². The molecule has 0 spiro atoms. The lowest BCUT2D eigenvalue weighted by Crippen LogP contribution is -2.51. The van der Waals surface area contributed by atoms with Crippen molar-refractivity contribution in [2.45, 2.75) is 26.4 Å². The van der Waals surface area contributed by atoms with Crippen LogP contribution < -0.4 is 5.73 Å². The van der Waals surface area contributed by atoms with E-state index in [2.05, 4.69) is 23.6 Å². The number of anilines is 1. The second-order valence-electron chi connectivity index (χ2n) is 5.06. The first-order chi connectivity index (χ1) is 8.60. The Morgan fingerprint density at radius 1 is 1.39 bits per heavy atom. The van der Waals surface area contributed by atoms with E-state index in [1.165, 1.54) is 12.1 Å². The molecule has 1 aromatic rings. The number of nitrogens with two attached hydrogens (primary N) is 1. The molecule has 1 fully saturated rings. The summed E-state index contributed by atoms with van der Waals surface area (Å²) in [5.41, 5.74) is 7.43. The number of rotatable bonds is 3. The standard InChI is InChI=1S/C14H22FN3/c1-3-18-7-6-17(9-11(18)2)10-12-4-5-13(15)8-14(12)16/h4-5,8,11H,3,6-7,9-10,16H2,1-2H3. The van der Waals surface area contributed by atoms with Gasteiger partial charge in [0.2, 0.25) is 0 Å². The SMILES string of the molecule is CCN1CCN(Cc2ccc(F)cc2N)CC1C. The number of hydrogen-bond acceptors (Lipinski definition) is 3. The van der Waals surface area contributed by atoms with Gasteiger partial charge in [0, 0.05) is 37.9 Å². The van der Waals surface area contributed by atoms with Gasteiger partial charge in [-0.3, -0.25) is 9.80 Å². The molecule has 1 unspecified atom stereocenters. The van der Waals surface area contributed by atoms with Gasteiger partial charge in [-0.25, -0.2) is 4.39 Å². The van der Waals surface area contributed by atoms with Crippen molar-refractivity contribution in [2.24, 2.45) is 0 Å². The summed E-state index contributed by atoms with van der Waals surface area (Å²) in [6.45, 7) is 9.56. The Kier molecular flexibility index (Phi) is 4.19. The van der Waals surface area contributed by atoms with E-state index in [4.69, 9.17) is 5.73 Å². The molecule has 18 heavy (non-hydrogen) atoms. The molecule has 100 valence electrons. The maximum atomic E-state index is 13.0. The Labute approximate surface area is 108 Å². The number of piperazine rings is 1. The van der Waals surface area contributed by atoms with Crippen LogP contribution in [0.15, 0.2) is 18.2 Å². The van der Waals surface area contributed by atoms with Crippen molar-refractivity contribution >= 4 is 5.69 Å². The molecule has 0 amide bonds. The van der Waals surface area contributed by atoms with Crippen molar-refractivity contribution in [1.29, 1.82) is 0 Å². The summed E-state index contributed by atoms with van der Waals surface area (Å²) in [5, 5.41) is 0. The minimum absolute atomic E-state index is 0.263. The van der Waals surface area contributed by atoms with Gasteiger partial charge in [-0.05, 0) is 31.2 Å². The van der Waals surface area contributed by atoms with Crippen molar-refractivity contribution in [3.05, 3.63) is 29.6 Å². The number of nitrogen functional groups attached to an aromatic ring is 1. The van der Waals surface area contributed by atoms with Crippen LogP contribution in [0.2, 0.25) is 0 Å². The minimum Gasteiger partial charge on any atom is -0.398 e. The molecule has 0 radical (unpaired) electrons. The molecule has 1 aromatic carbocycles. The zero-order chi connectivity index (χ0) is 13.1. The fourth-order valence-corrected chi connectivity index (χ4v) is 2.63. The van der Waals surface area contributed by atoms with Crippen LogP contribution in [0.3, 0.4) is 0 Å². The van der Waals surface area contributed by atoms with Crippen LogP contribution in [-0.4, -0.2) is 42.0 Å². The van der Waals surface area contributed by atoms with Crippen LogP contribution in [0.1, 0.15) is 19.4 Å². The highest BCUT2D eigenvalue weighted by Gasteiger charge is 2.22. The summed E-state index contributed by atoms with van der Waals surface area (Å²) in [6, 6.07) is 5.26. The molecule has 1 saturated heterocycles. The Hall–Kier alpha value is -1.13. The number of likely N-dealkylation sites (N-methyl/N-ethyl adjacent to an activating group) is 1. The summed E-state index contributed by atoms with van der Waals surface area (Å²) in [7, 11) is 0. The highest BCUT2D eigenvalue weighted by Crippen LogP contribution is 2.18. The Balaban J connectivity index is 1.98. The van der Waals surface area contributed by atoms with E-state index >= 15 is 0 Å². The average Bonchev–Trinajstić information content (AvgIpc) is 2.33. The summed E-state index contributed by atoms with van der Waals surface area (Å²) in [5.74, 6) is -0.263. The quantitative estimate of drug-likeness (QED) is 0.833. The largest absolute Gasteiger partial charge is 0.398 e. The van der Waals surface area contributed by atoms with Crippen molar-refractivity contribution in [3.63, 3.8) is 0 Å². The molecule has 2 N–H and O–H groups in total.